The molecule has 0 aliphatic heterocycles. The van der Waals surface area contributed by atoms with Gasteiger partial charge in [-0.2, -0.15) is 0 Å². The summed E-state index contributed by atoms with van der Waals surface area (Å²) < 4.78 is 6.52. The number of benzene rings is 1. The van der Waals surface area contributed by atoms with Crippen molar-refractivity contribution in [1.29, 1.82) is 0 Å². The molecule has 0 fully saturated rings. The fourth-order valence-electron chi connectivity index (χ4n) is 2.03. The molecule has 1 heterocycles. The van der Waals surface area contributed by atoms with E-state index in [0.29, 0.717) is 0 Å². The van der Waals surface area contributed by atoms with E-state index < -0.39 is 0 Å². The summed E-state index contributed by atoms with van der Waals surface area (Å²) in [6, 6.07) is 11.5. The van der Waals surface area contributed by atoms with E-state index in [4.69, 9.17) is 4.74 Å². The Labute approximate surface area is 104 Å². The van der Waals surface area contributed by atoms with Crippen molar-refractivity contribution in [3.05, 3.63) is 51.6 Å². The van der Waals surface area contributed by atoms with Crippen molar-refractivity contribution in [3.8, 4) is 5.75 Å². The van der Waals surface area contributed by atoms with E-state index >= 15 is 0 Å². The standard InChI is InChI=1S/C14H10O2Se/c1-16-12-8-13-11(6-7-17-13)14(15)10-5-3-2-4-9(10)12/h2-8H,1H3. The van der Waals surface area contributed by atoms with Crippen LogP contribution < -0.4 is 10.2 Å². The summed E-state index contributed by atoms with van der Waals surface area (Å²) in [7, 11) is 1.65. The fourth-order valence-corrected chi connectivity index (χ4v) is 3.73. The third-order valence-corrected chi connectivity index (χ3v) is 4.67. The molecule has 2 aromatic carbocycles. The Balaban J connectivity index is 2.69. The monoisotopic (exact) mass is 290 g/mol. The Morgan fingerprint density at radius 3 is 2.59 bits per heavy atom. The second kappa shape index (κ2) is 4.02. The first-order valence-corrected chi connectivity index (χ1v) is 7.13. The summed E-state index contributed by atoms with van der Waals surface area (Å²) in [5.74, 6) is 0.782. The van der Waals surface area contributed by atoms with Gasteiger partial charge in [0.2, 0.25) is 0 Å². The third-order valence-electron chi connectivity index (χ3n) is 2.86. The maximum absolute atomic E-state index is 12.4. The van der Waals surface area contributed by atoms with Crippen LogP contribution in [0.25, 0.3) is 20.4 Å². The molecule has 3 heteroatoms. The zero-order valence-electron chi connectivity index (χ0n) is 9.27. The molecule has 0 radical (unpaired) electrons. The third kappa shape index (κ3) is 1.59. The van der Waals surface area contributed by atoms with Crippen LogP contribution in [0.1, 0.15) is 0 Å². The molecule has 17 heavy (non-hydrogen) atoms. The predicted octanol–water partition coefficient (Wildman–Crippen LogP) is 2.42. The molecule has 0 aliphatic rings. The Hall–Kier alpha value is -1.57. The van der Waals surface area contributed by atoms with Crippen LogP contribution in [-0.4, -0.2) is 21.6 Å². The first-order chi connectivity index (χ1) is 8.31. The van der Waals surface area contributed by atoms with Crippen LogP contribution >= 0.6 is 0 Å². The molecule has 0 unspecified atom stereocenters. The van der Waals surface area contributed by atoms with Crippen molar-refractivity contribution in [2.45, 2.75) is 0 Å². The summed E-state index contributed by atoms with van der Waals surface area (Å²) in [5, 5.41) is 2.44. The SMILES string of the molecule is COc1cc2[se]ccc2c(=O)c2ccccc12. The average molecular weight is 289 g/mol. The van der Waals surface area contributed by atoms with E-state index in [1.54, 1.807) is 7.11 Å². The van der Waals surface area contributed by atoms with Gasteiger partial charge in [0.15, 0.2) is 0 Å². The van der Waals surface area contributed by atoms with Crippen molar-refractivity contribution >= 4 is 34.9 Å². The van der Waals surface area contributed by atoms with E-state index in [1.807, 2.05) is 36.4 Å². The summed E-state index contributed by atoms with van der Waals surface area (Å²) in [5.41, 5.74) is 0.106. The molecule has 0 amide bonds. The van der Waals surface area contributed by atoms with Crippen LogP contribution in [0.3, 0.4) is 0 Å². The molecule has 3 rings (SSSR count). The van der Waals surface area contributed by atoms with Gasteiger partial charge in [0.05, 0.1) is 0 Å². The normalized spacial score (nSPS) is 10.9. The van der Waals surface area contributed by atoms with E-state index in [1.165, 1.54) is 0 Å². The second-order valence-electron chi connectivity index (χ2n) is 3.79. The van der Waals surface area contributed by atoms with Gasteiger partial charge >= 0.3 is 104 Å². The minimum absolute atomic E-state index is 0.106. The summed E-state index contributed by atoms with van der Waals surface area (Å²) in [6.07, 6.45) is 0. The number of hydrogen-bond donors (Lipinski definition) is 0. The minimum atomic E-state index is 0.106. The molecule has 84 valence electrons. The number of fused-ring (bicyclic) bond motifs is 2. The molecule has 3 aromatic rings. The van der Waals surface area contributed by atoms with Gasteiger partial charge in [0, 0.05) is 0 Å². The van der Waals surface area contributed by atoms with Crippen molar-refractivity contribution in [2.75, 3.05) is 7.11 Å². The van der Waals surface area contributed by atoms with Gasteiger partial charge in [-0.25, -0.2) is 0 Å². The molecular weight excluding hydrogens is 279 g/mol. The molecule has 0 spiro atoms. The topological polar surface area (TPSA) is 26.3 Å². The van der Waals surface area contributed by atoms with Crippen molar-refractivity contribution in [1.82, 2.24) is 0 Å². The molecule has 0 saturated heterocycles. The van der Waals surface area contributed by atoms with E-state index in [9.17, 15) is 4.79 Å². The van der Waals surface area contributed by atoms with E-state index in [2.05, 4.69) is 4.94 Å². The van der Waals surface area contributed by atoms with Crippen LogP contribution in [0, 0.1) is 0 Å². The van der Waals surface area contributed by atoms with Crippen LogP contribution in [0.2, 0.25) is 0 Å². The second-order valence-corrected chi connectivity index (χ2v) is 5.77. The van der Waals surface area contributed by atoms with E-state index in [-0.39, 0.29) is 19.9 Å². The Bertz CT molecular complexity index is 759. The molecule has 0 atom stereocenters. The molecule has 0 bridgehead atoms. The molecule has 0 N–H and O–H groups in total. The molecular formula is C14H10O2Se. The number of rotatable bonds is 1. The van der Waals surface area contributed by atoms with Gasteiger partial charge in [-0.1, -0.05) is 0 Å². The number of hydrogen-bond acceptors (Lipinski definition) is 2. The molecule has 0 saturated carbocycles. The fraction of sp³-hybridized carbons (Fsp3) is 0.0714. The summed E-state index contributed by atoms with van der Waals surface area (Å²) >= 11 is 0.247. The van der Waals surface area contributed by atoms with Crippen LogP contribution in [0.4, 0.5) is 0 Å². The number of ether oxygens (including phenoxy) is 1. The van der Waals surface area contributed by atoms with Gasteiger partial charge in [-0.05, 0) is 0 Å². The number of methoxy groups -OCH3 is 1. The Morgan fingerprint density at radius 1 is 1.06 bits per heavy atom. The van der Waals surface area contributed by atoms with Gasteiger partial charge in [-0.3, -0.25) is 0 Å². The zero-order chi connectivity index (χ0) is 11.8. The van der Waals surface area contributed by atoms with Crippen LogP contribution in [0.5, 0.6) is 5.75 Å². The van der Waals surface area contributed by atoms with Crippen LogP contribution in [-0.2, 0) is 0 Å². The maximum atomic E-state index is 12.4. The first-order valence-electron chi connectivity index (χ1n) is 5.28. The Morgan fingerprint density at radius 2 is 1.82 bits per heavy atom. The van der Waals surface area contributed by atoms with Crippen LogP contribution in [0.15, 0.2) is 46.1 Å². The molecule has 0 aliphatic carbocycles. The quantitative estimate of drug-likeness (QED) is 0.643. The summed E-state index contributed by atoms with van der Waals surface area (Å²) in [6.45, 7) is 0. The van der Waals surface area contributed by atoms with Gasteiger partial charge < -0.3 is 0 Å². The van der Waals surface area contributed by atoms with Crippen molar-refractivity contribution < 1.29 is 4.74 Å². The Kier molecular flexibility index (Phi) is 2.50. The van der Waals surface area contributed by atoms with E-state index in [0.717, 1.165) is 26.2 Å². The average Bonchev–Trinajstić information content (AvgIpc) is 2.79. The molecule has 1 aromatic heterocycles. The van der Waals surface area contributed by atoms with Crippen molar-refractivity contribution in [3.63, 3.8) is 0 Å². The zero-order valence-corrected chi connectivity index (χ0v) is 11.0. The van der Waals surface area contributed by atoms with Crippen molar-refractivity contribution in [2.24, 2.45) is 0 Å². The summed E-state index contributed by atoms with van der Waals surface area (Å²) in [4.78, 5) is 14.5. The first kappa shape index (κ1) is 10.6. The molecule has 2 nitrogen and oxygen atoms in total. The predicted molar refractivity (Wildman–Crippen MR) is 71.2 cm³/mol. The van der Waals surface area contributed by atoms with Gasteiger partial charge in [0.25, 0.3) is 0 Å². The van der Waals surface area contributed by atoms with Gasteiger partial charge in [-0.15, -0.1) is 0 Å². The van der Waals surface area contributed by atoms with Gasteiger partial charge in [0.1, 0.15) is 0 Å².